The van der Waals surface area contributed by atoms with E-state index >= 15 is 0 Å². The first-order chi connectivity index (χ1) is 10.7. The lowest BCUT2D eigenvalue weighted by molar-refractivity contribution is 0.171. The van der Waals surface area contributed by atoms with E-state index in [1.807, 2.05) is 12.1 Å². The monoisotopic (exact) mass is 302 g/mol. The summed E-state index contributed by atoms with van der Waals surface area (Å²) in [5.41, 5.74) is 0.905. The maximum absolute atomic E-state index is 13.4. The van der Waals surface area contributed by atoms with E-state index in [2.05, 4.69) is 5.32 Å². The Kier molecular flexibility index (Phi) is 3.79. The second kappa shape index (κ2) is 5.90. The van der Waals surface area contributed by atoms with Gasteiger partial charge in [0, 0.05) is 18.3 Å². The Balaban J connectivity index is 1.75. The minimum Gasteiger partial charge on any atom is -0.486 e. The molecule has 1 aliphatic rings. The molecule has 0 atom stereocenters. The highest BCUT2D eigenvalue weighted by Gasteiger charge is 2.13. The molecule has 6 heteroatoms. The summed E-state index contributed by atoms with van der Waals surface area (Å²) in [4.78, 5) is 0. The summed E-state index contributed by atoms with van der Waals surface area (Å²) in [5.74, 6) is -0.834. The van der Waals surface area contributed by atoms with Gasteiger partial charge in [-0.2, -0.15) is 5.26 Å². The number of nitrogens with one attached hydrogen (secondary N) is 1. The maximum Gasteiger partial charge on any atom is 0.176 e. The van der Waals surface area contributed by atoms with Gasteiger partial charge in [0.15, 0.2) is 23.1 Å². The Hall–Kier alpha value is -2.81. The van der Waals surface area contributed by atoms with Crippen LogP contribution < -0.4 is 14.8 Å². The summed E-state index contributed by atoms with van der Waals surface area (Å²) < 4.78 is 37.6. The zero-order valence-electron chi connectivity index (χ0n) is 11.5. The number of ether oxygens (including phenoxy) is 2. The molecular formula is C16H12F2N2O2. The Bertz CT molecular complexity index is 757. The highest BCUT2D eigenvalue weighted by molar-refractivity contribution is 5.51. The molecule has 2 aromatic carbocycles. The lowest BCUT2D eigenvalue weighted by Crippen LogP contribution is -2.15. The van der Waals surface area contributed by atoms with E-state index in [0.717, 1.165) is 11.6 Å². The molecule has 1 heterocycles. The van der Waals surface area contributed by atoms with Gasteiger partial charge >= 0.3 is 0 Å². The molecule has 1 N–H and O–H groups in total. The van der Waals surface area contributed by atoms with Crippen LogP contribution in [0, 0.1) is 23.0 Å². The van der Waals surface area contributed by atoms with Crippen LogP contribution in [-0.4, -0.2) is 13.2 Å². The topological polar surface area (TPSA) is 54.3 Å². The number of hydrogen-bond acceptors (Lipinski definition) is 4. The Morgan fingerprint density at radius 3 is 2.64 bits per heavy atom. The van der Waals surface area contributed by atoms with Gasteiger partial charge in [0.1, 0.15) is 19.3 Å². The van der Waals surface area contributed by atoms with Crippen LogP contribution in [0.1, 0.15) is 11.1 Å². The van der Waals surface area contributed by atoms with Gasteiger partial charge in [-0.05, 0) is 23.8 Å². The molecule has 4 nitrogen and oxygen atoms in total. The molecule has 22 heavy (non-hydrogen) atoms. The lowest BCUT2D eigenvalue weighted by Gasteiger charge is -2.19. The Labute approximate surface area is 125 Å². The first-order valence-electron chi connectivity index (χ1n) is 6.69. The van der Waals surface area contributed by atoms with Gasteiger partial charge in [-0.1, -0.05) is 6.07 Å². The quantitative estimate of drug-likeness (QED) is 0.946. The zero-order chi connectivity index (χ0) is 15.5. The van der Waals surface area contributed by atoms with E-state index in [1.54, 1.807) is 12.1 Å². The van der Waals surface area contributed by atoms with E-state index in [4.69, 9.17) is 14.7 Å². The van der Waals surface area contributed by atoms with Crippen molar-refractivity contribution in [1.82, 2.24) is 0 Å². The highest BCUT2D eigenvalue weighted by atomic mass is 19.2. The number of fused-ring (bicyclic) bond motifs is 1. The second-order valence-corrected chi connectivity index (χ2v) is 4.76. The SMILES string of the molecule is N#Cc1cc(NCc2ccc3c(c2)OCCO3)cc(F)c1F. The van der Waals surface area contributed by atoms with Crippen molar-refractivity contribution in [2.75, 3.05) is 18.5 Å². The fourth-order valence-electron chi connectivity index (χ4n) is 2.17. The number of hydrogen-bond donors (Lipinski definition) is 1. The molecule has 0 bridgehead atoms. The normalized spacial score (nSPS) is 12.6. The highest BCUT2D eigenvalue weighted by Crippen LogP contribution is 2.31. The minimum absolute atomic E-state index is 0.329. The average molecular weight is 302 g/mol. The van der Waals surface area contributed by atoms with E-state index in [-0.39, 0.29) is 5.56 Å². The smallest absolute Gasteiger partial charge is 0.176 e. The van der Waals surface area contributed by atoms with Crippen molar-refractivity contribution in [1.29, 1.82) is 5.26 Å². The molecule has 1 aliphatic heterocycles. The van der Waals surface area contributed by atoms with E-state index in [0.29, 0.717) is 36.9 Å². The van der Waals surface area contributed by atoms with Crippen molar-refractivity contribution >= 4 is 5.69 Å². The maximum atomic E-state index is 13.4. The van der Waals surface area contributed by atoms with E-state index in [1.165, 1.54) is 6.07 Å². The minimum atomic E-state index is -1.13. The first kappa shape index (κ1) is 14.1. The van der Waals surface area contributed by atoms with Crippen LogP contribution in [0.3, 0.4) is 0 Å². The van der Waals surface area contributed by atoms with Crippen LogP contribution in [0.25, 0.3) is 0 Å². The number of nitrogens with zero attached hydrogens (tertiary/aromatic N) is 1. The van der Waals surface area contributed by atoms with Crippen LogP contribution in [0.5, 0.6) is 11.5 Å². The van der Waals surface area contributed by atoms with Gasteiger partial charge in [-0.3, -0.25) is 0 Å². The Morgan fingerprint density at radius 2 is 1.86 bits per heavy atom. The van der Waals surface area contributed by atoms with Crippen LogP contribution in [-0.2, 0) is 6.54 Å². The zero-order valence-corrected chi connectivity index (χ0v) is 11.5. The third kappa shape index (κ3) is 2.79. The van der Waals surface area contributed by atoms with Crippen molar-refractivity contribution in [3.8, 4) is 17.6 Å². The molecule has 0 saturated heterocycles. The van der Waals surface area contributed by atoms with Gasteiger partial charge in [0.05, 0.1) is 5.56 Å². The number of halogens is 2. The number of nitriles is 1. The van der Waals surface area contributed by atoms with Crippen molar-refractivity contribution < 1.29 is 18.3 Å². The largest absolute Gasteiger partial charge is 0.486 e. The van der Waals surface area contributed by atoms with Crippen LogP contribution in [0.15, 0.2) is 30.3 Å². The van der Waals surface area contributed by atoms with Gasteiger partial charge in [-0.25, -0.2) is 8.78 Å². The molecule has 0 aromatic heterocycles. The van der Waals surface area contributed by atoms with Gasteiger partial charge in [0.25, 0.3) is 0 Å². The third-order valence-corrected chi connectivity index (χ3v) is 3.25. The second-order valence-electron chi connectivity index (χ2n) is 4.76. The van der Waals surface area contributed by atoms with E-state index in [9.17, 15) is 8.78 Å². The fraction of sp³-hybridized carbons (Fsp3) is 0.188. The van der Waals surface area contributed by atoms with E-state index < -0.39 is 11.6 Å². The van der Waals surface area contributed by atoms with Crippen LogP contribution in [0.2, 0.25) is 0 Å². The Morgan fingerprint density at radius 1 is 1.09 bits per heavy atom. The molecule has 0 unspecified atom stereocenters. The first-order valence-corrected chi connectivity index (χ1v) is 6.69. The molecular weight excluding hydrogens is 290 g/mol. The molecule has 0 radical (unpaired) electrons. The van der Waals surface area contributed by atoms with Crippen molar-refractivity contribution in [3.05, 3.63) is 53.1 Å². The van der Waals surface area contributed by atoms with Crippen molar-refractivity contribution in [2.45, 2.75) is 6.54 Å². The summed E-state index contributed by atoms with van der Waals surface area (Å²) in [6.07, 6.45) is 0. The molecule has 0 saturated carbocycles. The van der Waals surface area contributed by atoms with Gasteiger partial charge < -0.3 is 14.8 Å². The van der Waals surface area contributed by atoms with Crippen molar-refractivity contribution in [3.63, 3.8) is 0 Å². The lowest BCUT2D eigenvalue weighted by atomic mass is 10.1. The molecule has 3 rings (SSSR count). The molecule has 112 valence electrons. The third-order valence-electron chi connectivity index (χ3n) is 3.25. The van der Waals surface area contributed by atoms with Gasteiger partial charge in [-0.15, -0.1) is 0 Å². The molecule has 0 fully saturated rings. The number of benzene rings is 2. The summed E-state index contributed by atoms with van der Waals surface area (Å²) in [6.45, 7) is 1.40. The van der Waals surface area contributed by atoms with Crippen molar-refractivity contribution in [2.24, 2.45) is 0 Å². The average Bonchev–Trinajstić information content (AvgIpc) is 2.55. The summed E-state index contributed by atoms with van der Waals surface area (Å²) >= 11 is 0. The van der Waals surface area contributed by atoms with Gasteiger partial charge in [0.2, 0.25) is 0 Å². The summed E-state index contributed by atoms with van der Waals surface area (Å²) in [6, 6.07) is 9.40. The van der Waals surface area contributed by atoms with Crippen LogP contribution >= 0.6 is 0 Å². The predicted molar refractivity (Wildman–Crippen MR) is 75.8 cm³/mol. The summed E-state index contributed by atoms with van der Waals surface area (Å²) in [5, 5.41) is 11.7. The molecule has 0 aliphatic carbocycles. The standard InChI is InChI=1S/C16H12F2N2O2/c17-13-7-12(6-11(8-19)16(13)18)20-9-10-1-2-14-15(5-10)22-4-3-21-14/h1-2,5-7,20H,3-4,9H2. The number of anilines is 1. The molecule has 2 aromatic rings. The fourth-order valence-corrected chi connectivity index (χ4v) is 2.17. The number of rotatable bonds is 3. The molecule has 0 spiro atoms. The van der Waals surface area contributed by atoms with Crippen LogP contribution in [0.4, 0.5) is 14.5 Å². The summed E-state index contributed by atoms with van der Waals surface area (Å²) in [7, 11) is 0. The molecule has 0 amide bonds. The predicted octanol–water partition coefficient (Wildman–Crippen LogP) is 3.22.